The lowest BCUT2D eigenvalue weighted by Crippen LogP contribution is -2.18. The van der Waals surface area contributed by atoms with Crippen molar-refractivity contribution in [1.82, 2.24) is 9.97 Å². The summed E-state index contributed by atoms with van der Waals surface area (Å²) < 4.78 is 0. The number of aromatic nitrogens is 2. The molecule has 0 aliphatic rings. The third-order valence-corrected chi connectivity index (χ3v) is 3.41. The van der Waals surface area contributed by atoms with Crippen molar-refractivity contribution >= 4 is 11.6 Å². The number of nitrogens with one attached hydrogen (secondary N) is 2. The number of anilines is 2. The molecule has 0 radical (unpaired) electrons. The first-order valence-electron chi connectivity index (χ1n) is 8.07. The first kappa shape index (κ1) is 16.7. The fourth-order valence-electron chi connectivity index (χ4n) is 2.35. The molecule has 1 heterocycles. The minimum Gasteiger partial charge on any atom is -0.370 e. The highest BCUT2D eigenvalue weighted by Crippen LogP contribution is 2.22. The lowest BCUT2D eigenvalue weighted by molar-refractivity contribution is 0.613. The number of hydrogen-bond acceptors (Lipinski definition) is 4. The van der Waals surface area contributed by atoms with Gasteiger partial charge in [0.25, 0.3) is 0 Å². The van der Waals surface area contributed by atoms with E-state index in [1.54, 1.807) is 6.33 Å². The van der Waals surface area contributed by atoms with Gasteiger partial charge in [-0.15, -0.1) is 0 Å². The van der Waals surface area contributed by atoms with Crippen LogP contribution in [0.25, 0.3) is 0 Å². The fourth-order valence-corrected chi connectivity index (χ4v) is 2.35. The van der Waals surface area contributed by atoms with Crippen LogP contribution >= 0.6 is 0 Å². The number of hydrogen-bond donors (Lipinski definition) is 2. The van der Waals surface area contributed by atoms with Gasteiger partial charge in [0.1, 0.15) is 18.0 Å². The van der Waals surface area contributed by atoms with Gasteiger partial charge in [0.05, 0.1) is 0 Å². The molecule has 1 aromatic rings. The van der Waals surface area contributed by atoms with E-state index in [1.165, 1.54) is 31.2 Å². The van der Waals surface area contributed by atoms with Crippen LogP contribution < -0.4 is 10.6 Å². The molecule has 0 aliphatic heterocycles. The van der Waals surface area contributed by atoms with Gasteiger partial charge in [-0.2, -0.15) is 0 Å². The molecule has 1 aromatic heterocycles. The third-order valence-electron chi connectivity index (χ3n) is 3.41. The molecule has 0 saturated carbocycles. The van der Waals surface area contributed by atoms with Crippen molar-refractivity contribution in [3.63, 3.8) is 0 Å². The Morgan fingerprint density at radius 1 is 1.05 bits per heavy atom. The molecule has 4 nitrogen and oxygen atoms in total. The van der Waals surface area contributed by atoms with Crippen LogP contribution in [0.5, 0.6) is 0 Å². The minimum absolute atomic E-state index is 0.460. The molecular formula is C16H30N4. The molecular weight excluding hydrogens is 248 g/mol. The van der Waals surface area contributed by atoms with E-state index in [9.17, 15) is 0 Å². The lowest BCUT2D eigenvalue weighted by Gasteiger charge is -2.18. The standard InChI is InChI=1S/C16H30N4/c1-5-8-9-11-13(4)20-16-14(10-6-2)15(17-7-3)18-12-19-16/h12-13H,5-11H2,1-4H3,(H2,17,18,19,20). The number of rotatable bonds is 10. The van der Waals surface area contributed by atoms with E-state index in [1.807, 2.05) is 0 Å². The minimum atomic E-state index is 0.460. The maximum absolute atomic E-state index is 4.45. The quantitative estimate of drug-likeness (QED) is 0.628. The van der Waals surface area contributed by atoms with E-state index in [0.29, 0.717) is 6.04 Å². The van der Waals surface area contributed by atoms with E-state index < -0.39 is 0 Å². The van der Waals surface area contributed by atoms with Gasteiger partial charge in [-0.3, -0.25) is 0 Å². The Labute approximate surface area is 123 Å². The van der Waals surface area contributed by atoms with Crippen molar-refractivity contribution in [2.24, 2.45) is 0 Å². The highest BCUT2D eigenvalue weighted by atomic mass is 15.1. The number of nitrogens with zero attached hydrogens (tertiary/aromatic N) is 2. The molecule has 4 heteroatoms. The smallest absolute Gasteiger partial charge is 0.134 e. The van der Waals surface area contributed by atoms with Crippen molar-refractivity contribution in [2.45, 2.75) is 72.3 Å². The van der Waals surface area contributed by atoms with Crippen LogP contribution in [0.3, 0.4) is 0 Å². The van der Waals surface area contributed by atoms with E-state index in [-0.39, 0.29) is 0 Å². The number of unbranched alkanes of at least 4 members (excludes halogenated alkanes) is 2. The highest BCUT2D eigenvalue weighted by Gasteiger charge is 2.12. The maximum Gasteiger partial charge on any atom is 0.134 e. The van der Waals surface area contributed by atoms with E-state index in [4.69, 9.17) is 0 Å². The summed E-state index contributed by atoms with van der Waals surface area (Å²) in [6.07, 6.45) is 8.81. The second kappa shape index (κ2) is 9.56. The van der Waals surface area contributed by atoms with Crippen LogP contribution in [0, 0.1) is 0 Å². The Morgan fingerprint density at radius 2 is 1.80 bits per heavy atom. The van der Waals surface area contributed by atoms with Crippen LogP contribution in [0.2, 0.25) is 0 Å². The molecule has 0 fully saturated rings. The Balaban J connectivity index is 2.74. The molecule has 114 valence electrons. The topological polar surface area (TPSA) is 49.8 Å². The van der Waals surface area contributed by atoms with Gasteiger partial charge in [0, 0.05) is 18.2 Å². The van der Waals surface area contributed by atoms with Crippen molar-refractivity contribution in [1.29, 1.82) is 0 Å². The maximum atomic E-state index is 4.45. The van der Waals surface area contributed by atoms with Gasteiger partial charge in [-0.1, -0.05) is 39.5 Å². The van der Waals surface area contributed by atoms with Gasteiger partial charge in [-0.05, 0) is 26.7 Å². The largest absolute Gasteiger partial charge is 0.370 e. The Kier molecular flexibility index (Phi) is 8.00. The normalized spacial score (nSPS) is 12.2. The highest BCUT2D eigenvalue weighted by molar-refractivity contribution is 5.57. The summed E-state index contributed by atoms with van der Waals surface area (Å²) in [6.45, 7) is 9.65. The van der Waals surface area contributed by atoms with Crippen LogP contribution in [-0.2, 0) is 6.42 Å². The van der Waals surface area contributed by atoms with Crippen LogP contribution in [0.1, 0.15) is 65.4 Å². The molecule has 1 atom stereocenters. The van der Waals surface area contributed by atoms with Gasteiger partial charge in [-0.25, -0.2) is 9.97 Å². The molecule has 0 saturated heterocycles. The lowest BCUT2D eigenvalue weighted by atomic mass is 10.1. The molecule has 0 aromatic carbocycles. The summed E-state index contributed by atoms with van der Waals surface area (Å²) >= 11 is 0. The van der Waals surface area contributed by atoms with E-state index >= 15 is 0 Å². The summed E-state index contributed by atoms with van der Waals surface area (Å²) in [7, 11) is 0. The fraction of sp³-hybridized carbons (Fsp3) is 0.750. The molecule has 0 aliphatic carbocycles. The van der Waals surface area contributed by atoms with Crippen molar-refractivity contribution in [2.75, 3.05) is 17.2 Å². The first-order chi connectivity index (χ1) is 9.72. The monoisotopic (exact) mass is 278 g/mol. The van der Waals surface area contributed by atoms with Gasteiger partial charge >= 0.3 is 0 Å². The van der Waals surface area contributed by atoms with Crippen molar-refractivity contribution < 1.29 is 0 Å². The van der Waals surface area contributed by atoms with Crippen molar-refractivity contribution in [3.05, 3.63) is 11.9 Å². The SMILES string of the molecule is CCCCCC(C)Nc1ncnc(NCC)c1CCC. The van der Waals surface area contributed by atoms with Crippen LogP contribution in [0.15, 0.2) is 6.33 Å². The zero-order valence-corrected chi connectivity index (χ0v) is 13.5. The average Bonchev–Trinajstić information content (AvgIpc) is 2.43. The third kappa shape index (κ3) is 5.35. The van der Waals surface area contributed by atoms with Gasteiger partial charge < -0.3 is 10.6 Å². The van der Waals surface area contributed by atoms with E-state index in [0.717, 1.165) is 31.0 Å². The molecule has 20 heavy (non-hydrogen) atoms. The molecule has 2 N–H and O–H groups in total. The zero-order chi connectivity index (χ0) is 14.8. The van der Waals surface area contributed by atoms with Gasteiger partial charge in [0.15, 0.2) is 0 Å². The predicted molar refractivity (Wildman–Crippen MR) is 87.4 cm³/mol. The molecule has 1 rings (SSSR count). The summed E-state index contributed by atoms with van der Waals surface area (Å²) in [5.74, 6) is 1.98. The Bertz CT molecular complexity index is 379. The zero-order valence-electron chi connectivity index (χ0n) is 13.5. The average molecular weight is 278 g/mol. The molecule has 0 amide bonds. The van der Waals surface area contributed by atoms with E-state index in [2.05, 4.69) is 48.3 Å². The Hall–Kier alpha value is -1.32. The second-order valence-electron chi connectivity index (χ2n) is 5.37. The molecule has 0 spiro atoms. The van der Waals surface area contributed by atoms with Crippen LogP contribution in [0.4, 0.5) is 11.6 Å². The molecule has 1 unspecified atom stereocenters. The predicted octanol–water partition coefficient (Wildman–Crippen LogP) is 4.24. The molecule has 0 bridgehead atoms. The summed E-state index contributed by atoms with van der Waals surface area (Å²) in [5.41, 5.74) is 1.22. The summed E-state index contributed by atoms with van der Waals surface area (Å²) in [5, 5.41) is 6.90. The summed E-state index contributed by atoms with van der Waals surface area (Å²) in [6, 6.07) is 0.460. The first-order valence-corrected chi connectivity index (χ1v) is 8.07. The van der Waals surface area contributed by atoms with Crippen LogP contribution in [-0.4, -0.2) is 22.6 Å². The Morgan fingerprint density at radius 3 is 2.45 bits per heavy atom. The van der Waals surface area contributed by atoms with Gasteiger partial charge in [0.2, 0.25) is 0 Å². The second-order valence-corrected chi connectivity index (χ2v) is 5.37. The van der Waals surface area contributed by atoms with Crippen molar-refractivity contribution in [3.8, 4) is 0 Å². The summed E-state index contributed by atoms with van der Waals surface area (Å²) in [4.78, 5) is 8.81.